The summed E-state index contributed by atoms with van der Waals surface area (Å²) in [6.07, 6.45) is 4.33. The number of aliphatic hydroxyl groups is 2. The van der Waals surface area contributed by atoms with Crippen LogP contribution in [0.2, 0.25) is 0 Å². The summed E-state index contributed by atoms with van der Waals surface area (Å²) in [6, 6.07) is 0. The quantitative estimate of drug-likeness (QED) is 0.432. The van der Waals surface area contributed by atoms with Crippen LogP contribution in [-0.2, 0) is 14.3 Å². The van der Waals surface area contributed by atoms with Crippen molar-refractivity contribution in [3.63, 3.8) is 0 Å². The summed E-state index contributed by atoms with van der Waals surface area (Å²) in [5, 5.41) is 24.5. The van der Waals surface area contributed by atoms with E-state index >= 15 is 0 Å². The predicted molar refractivity (Wildman–Crippen MR) is 136 cm³/mol. The number of hydrogen-bond acceptors (Lipinski definition) is 7. The van der Waals surface area contributed by atoms with Gasteiger partial charge in [-0.25, -0.2) is 4.98 Å². The van der Waals surface area contributed by atoms with Gasteiger partial charge in [-0.3, -0.25) is 9.59 Å². The third-order valence-corrected chi connectivity index (χ3v) is 7.83. The van der Waals surface area contributed by atoms with E-state index in [1.165, 1.54) is 5.57 Å². The van der Waals surface area contributed by atoms with E-state index in [9.17, 15) is 19.8 Å². The zero-order valence-corrected chi connectivity index (χ0v) is 22.4. The maximum Gasteiger partial charge on any atom is 0.309 e. The van der Waals surface area contributed by atoms with E-state index in [4.69, 9.17) is 4.74 Å². The molecule has 0 aromatic carbocycles. The van der Waals surface area contributed by atoms with Crippen LogP contribution in [0.4, 0.5) is 0 Å². The Morgan fingerprint density at radius 2 is 1.91 bits per heavy atom. The van der Waals surface area contributed by atoms with Gasteiger partial charge in [0, 0.05) is 17.7 Å². The third-order valence-electron chi connectivity index (χ3n) is 7.04. The summed E-state index contributed by atoms with van der Waals surface area (Å²) in [7, 11) is 0. The van der Waals surface area contributed by atoms with E-state index in [0.29, 0.717) is 6.42 Å². The van der Waals surface area contributed by atoms with Gasteiger partial charge in [-0.05, 0) is 57.6 Å². The molecule has 1 aliphatic rings. The van der Waals surface area contributed by atoms with Gasteiger partial charge in [-0.2, -0.15) is 0 Å². The molecular weight excluding hydrogens is 450 g/mol. The highest BCUT2D eigenvalue weighted by Crippen LogP contribution is 2.32. The molecule has 0 radical (unpaired) electrons. The molecule has 0 amide bonds. The number of ketones is 1. The fourth-order valence-electron chi connectivity index (χ4n) is 4.40. The number of esters is 1. The van der Waals surface area contributed by atoms with E-state index in [1.807, 2.05) is 32.2 Å². The SMILES string of the molecule is C/C1=C/C[C@@H](/C(C)=C/c2csc(C)n2)OC(=O)CC(O)C(C)(C)C(=O)C(C)C(O)C(C)CCC1. The third kappa shape index (κ3) is 7.59. The van der Waals surface area contributed by atoms with Gasteiger partial charge in [-0.15, -0.1) is 11.3 Å². The molecule has 2 rings (SSSR count). The van der Waals surface area contributed by atoms with Gasteiger partial charge in [0.15, 0.2) is 0 Å². The van der Waals surface area contributed by atoms with Crippen LogP contribution in [0, 0.1) is 24.2 Å². The fourth-order valence-corrected chi connectivity index (χ4v) is 4.97. The molecule has 1 aromatic rings. The van der Waals surface area contributed by atoms with Crippen LogP contribution in [0.25, 0.3) is 6.08 Å². The maximum atomic E-state index is 13.2. The zero-order chi connectivity index (χ0) is 25.6. The van der Waals surface area contributed by atoms with Crippen molar-refractivity contribution in [2.24, 2.45) is 17.3 Å². The van der Waals surface area contributed by atoms with E-state index in [-0.39, 0.29) is 18.1 Å². The topological polar surface area (TPSA) is 96.7 Å². The number of thiazole rings is 1. The van der Waals surface area contributed by atoms with Gasteiger partial charge in [0.25, 0.3) is 0 Å². The molecule has 190 valence electrons. The largest absolute Gasteiger partial charge is 0.457 e. The molecule has 7 heteroatoms. The van der Waals surface area contributed by atoms with Gasteiger partial charge >= 0.3 is 5.97 Å². The van der Waals surface area contributed by atoms with Crippen molar-refractivity contribution in [1.82, 2.24) is 4.98 Å². The van der Waals surface area contributed by atoms with Gasteiger partial charge < -0.3 is 14.9 Å². The average molecular weight is 492 g/mol. The number of allylic oxidation sites excluding steroid dienone is 1. The van der Waals surface area contributed by atoms with Gasteiger partial charge in [0.2, 0.25) is 0 Å². The number of Topliss-reactive ketones (excluding diaryl/α,β-unsaturated/α-hetero) is 1. The first-order chi connectivity index (χ1) is 15.8. The molecule has 0 aliphatic carbocycles. The molecule has 1 aliphatic heterocycles. The molecule has 2 N–H and O–H groups in total. The highest BCUT2D eigenvalue weighted by molar-refractivity contribution is 7.09. The molecule has 5 atom stereocenters. The van der Waals surface area contributed by atoms with Crippen LogP contribution in [0.5, 0.6) is 0 Å². The van der Waals surface area contributed by atoms with Crippen LogP contribution in [0.15, 0.2) is 22.6 Å². The van der Waals surface area contributed by atoms with E-state index in [2.05, 4.69) is 18.0 Å². The highest BCUT2D eigenvalue weighted by Gasteiger charge is 2.42. The number of aromatic nitrogens is 1. The summed E-state index contributed by atoms with van der Waals surface area (Å²) >= 11 is 1.56. The monoisotopic (exact) mass is 491 g/mol. The van der Waals surface area contributed by atoms with Crippen molar-refractivity contribution < 1.29 is 24.5 Å². The Kier molecular flexibility index (Phi) is 10.2. The number of aryl methyl sites for hydroxylation is 1. The number of nitrogens with zero attached hydrogens (tertiary/aromatic N) is 1. The Morgan fingerprint density at radius 3 is 2.53 bits per heavy atom. The molecule has 2 heterocycles. The molecule has 0 fully saturated rings. The van der Waals surface area contributed by atoms with E-state index in [0.717, 1.165) is 35.5 Å². The normalized spacial score (nSPS) is 32.1. The van der Waals surface area contributed by atoms with Crippen LogP contribution in [0.3, 0.4) is 0 Å². The van der Waals surface area contributed by atoms with Gasteiger partial charge in [0.05, 0.1) is 34.7 Å². The molecular formula is C27H41NO5S. The summed E-state index contributed by atoms with van der Waals surface area (Å²) in [5.74, 6) is -1.49. The molecule has 0 bridgehead atoms. The molecule has 4 unspecified atom stereocenters. The second-order valence-electron chi connectivity index (χ2n) is 10.4. The van der Waals surface area contributed by atoms with Crippen molar-refractivity contribution in [1.29, 1.82) is 0 Å². The summed E-state index contributed by atoms with van der Waals surface area (Å²) in [5.41, 5.74) is 1.71. The Hall–Kier alpha value is -1.83. The minimum atomic E-state index is -1.21. The van der Waals surface area contributed by atoms with E-state index < -0.39 is 35.6 Å². The van der Waals surface area contributed by atoms with Crippen LogP contribution in [-0.4, -0.2) is 45.3 Å². The van der Waals surface area contributed by atoms with Crippen molar-refractivity contribution in [3.8, 4) is 0 Å². The number of ether oxygens (including phenoxy) is 1. The second-order valence-corrected chi connectivity index (χ2v) is 11.5. The minimum absolute atomic E-state index is 0.0444. The Bertz CT molecular complexity index is 916. The van der Waals surface area contributed by atoms with Crippen LogP contribution < -0.4 is 0 Å². The van der Waals surface area contributed by atoms with Crippen molar-refractivity contribution in [3.05, 3.63) is 33.3 Å². The highest BCUT2D eigenvalue weighted by atomic mass is 32.1. The average Bonchev–Trinajstić information content (AvgIpc) is 3.18. The summed E-state index contributed by atoms with van der Waals surface area (Å²) in [4.78, 5) is 30.5. The van der Waals surface area contributed by atoms with Crippen molar-refractivity contribution >= 4 is 29.2 Å². The lowest BCUT2D eigenvalue weighted by atomic mass is 9.73. The lowest BCUT2D eigenvalue weighted by Gasteiger charge is -2.34. The van der Waals surface area contributed by atoms with Crippen molar-refractivity contribution in [2.75, 3.05) is 0 Å². The summed E-state index contributed by atoms with van der Waals surface area (Å²) in [6.45, 7) is 12.8. The lowest BCUT2D eigenvalue weighted by Crippen LogP contribution is -2.45. The number of cyclic esters (lactones) is 1. The molecule has 0 spiro atoms. The number of rotatable bonds is 2. The van der Waals surface area contributed by atoms with Crippen LogP contribution in [0.1, 0.15) is 84.3 Å². The molecule has 0 saturated heterocycles. The van der Waals surface area contributed by atoms with Gasteiger partial charge in [0.1, 0.15) is 11.9 Å². The molecule has 1 aromatic heterocycles. The first-order valence-corrected chi connectivity index (χ1v) is 13.1. The number of aliphatic hydroxyl groups excluding tert-OH is 2. The number of hydrogen-bond donors (Lipinski definition) is 2. The standard InChI is InChI=1S/C27H41NO5S/c1-16-9-8-10-17(2)25(31)19(4)26(32)27(6,7)23(29)14-24(30)33-22(12-11-16)18(3)13-21-15-34-20(5)28-21/h11,13,15,17,19,22-23,25,29,31H,8-10,12,14H2,1-7H3/b16-11-,18-13+/t17?,19?,22-,23?,25?/m0/s1. The number of carbonyl (C=O) groups is 2. The lowest BCUT2D eigenvalue weighted by molar-refractivity contribution is -0.154. The maximum absolute atomic E-state index is 13.2. The Labute approximate surface area is 208 Å². The van der Waals surface area contributed by atoms with Gasteiger partial charge in [-0.1, -0.05) is 39.3 Å². The first-order valence-electron chi connectivity index (χ1n) is 12.2. The zero-order valence-electron chi connectivity index (χ0n) is 21.6. The first kappa shape index (κ1) is 28.4. The predicted octanol–water partition coefficient (Wildman–Crippen LogP) is 5.27. The van der Waals surface area contributed by atoms with Crippen LogP contribution >= 0.6 is 11.3 Å². The van der Waals surface area contributed by atoms with E-state index in [1.54, 1.807) is 32.1 Å². The van der Waals surface area contributed by atoms with Crippen molar-refractivity contribution in [2.45, 2.75) is 98.9 Å². The molecule has 34 heavy (non-hydrogen) atoms. The minimum Gasteiger partial charge on any atom is -0.457 e. The summed E-state index contributed by atoms with van der Waals surface area (Å²) < 4.78 is 5.81. The molecule has 0 saturated carbocycles. The molecule has 6 nitrogen and oxygen atoms in total. The smallest absolute Gasteiger partial charge is 0.309 e. The Balaban J connectivity index is 2.33. The Morgan fingerprint density at radius 1 is 1.24 bits per heavy atom. The number of carbonyl (C=O) groups excluding carboxylic acids is 2. The fraction of sp³-hybridized carbons (Fsp3) is 0.667. The second kappa shape index (κ2) is 12.2.